The number of ether oxygens (including phenoxy) is 1. The van der Waals surface area contributed by atoms with Gasteiger partial charge in [0.2, 0.25) is 11.8 Å². The average Bonchev–Trinajstić information content (AvgIpc) is 2.41. The minimum absolute atomic E-state index is 0.0294. The van der Waals surface area contributed by atoms with Crippen molar-refractivity contribution in [3.8, 4) is 0 Å². The van der Waals surface area contributed by atoms with Gasteiger partial charge in [0, 0.05) is 18.6 Å². The monoisotopic (exact) mass is 327 g/mol. The Bertz CT molecular complexity index is 432. The molecule has 1 fully saturated rings. The second-order valence-corrected chi connectivity index (χ2v) is 6.85. The van der Waals surface area contributed by atoms with E-state index in [1.54, 1.807) is 4.90 Å². The molecule has 0 aromatic carbocycles. The van der Waals surface area contributed by atoms with Gasteiger partial charge in [0.05, 0.1) is 19.6 Å². The van der Waals surface area contributed by atoms with Gasteiger partial charge in [0.1, 0.15) is 6.04 Å². The SMILES string of the molecule is CCCCOC(=O)CC1C(=O)NCCN1CC(=O)NC(C)(C)C. The maximum atomic E-state index is 12.1. The summed E-state index contributed by atoms with van der Waals surface area (Å²) >= 11 is 0. The van der Waals surface area contributed by atoms with E-state index in [0.717, 1.165) is 12.8 Å². The summed E-state index contributed by atoms with van der Waals surface area (Å²) in [5.41, 5.74) is -0.330. The van der Waals surface area contributed by atoms with Crippen molar-refractivity contribution in [2.24, 2.45) is 0 Å². The number of nitrogens with zero attached hydrogens (tertiary/aromatic N) is 1. The van der Waals surface area contributed by atoms with Gasteiger partial charge in [-0.15, -0.1) is 0 Å². The van der Waals surface area contributed by atoms with Crippen LogP contribution >= 0.6 is 0 Å². The lowest BCUT2D eigenvalue weighted by Gasteiger charge is -2.34. The van der Waals surface area contributed by atoms with E-state index in [1.165, 1.54) is 0 Å². The van der Waals surface area contributed by atoms with Crippen LogP contribution in [0.1, 0.15) is 47.0 Å². The first kappa shape index (κ1) is 19.4. The summed E-state index contributed by atoms with van der Waals surface area (Å²) in [6.07, 6.45) is 1.72. The van der Waals surface area contributed by atoms with Gasteiger partial charge in [-0.05, 0) is 27.2 Å². The highest BCUT2D eigenvalue weighted by Crippen LogP contribution is 2.10. The largest absolute Gasteiger partial charge is 0.466 e. The quantitative estimate of drug-likeness (QED) is 0.523. The first-order valence-electron chi connectivity index (χ1n) is 8.21. The van der Waals surface area contributed by atoms with Crippen molar-refractivity contribution in [3.05, 3.63) is 0 Å². The molecule has 0 radical (unpaired) electrons. The number of amides is 2. The molecule has 1 atom stereocenters. The number of hydrogen-bond donors (Lipinski definition) is 2. The van der Waals surface area contributed by atoms with Crippen LogP contribution in [0.25, 0.3) is 0 Å². The van der Waals surface area contributed by atoms with Gasteiger partial charge in [-0.1, -0.05) is 13.3 Å². The van der Waals surface area contributed by atoms with Crippen molar-refractivity contribution in [2.45, 2.75) is 58.5 Å². The van der Waals surface area contributed by atoms with Crippen LogP contribution in [0, 0.1) is 0 Å². The zero-order chi connectivity index (χ0) is 17.5. The predicted molar refractivity (Wildman–Crippen MR) is 86.8 cm³/mol. The molecule has 0 aliphatic carbocycles. The van der Waals surface area contributed by atoms with Crippen molar-refractivity contribution in [3.63, 3.8) is 0 Å². The molecule has 1 saturated heterocycles. The van der Waals surface area contributed by atoms with Gasteiger partial charge in [-0.3, -0.25) is 19.3 Å². The Labute approximate surface area is 138 Å². The summed E-state index contributed by atoms with van der Waals surface area (Å²) < 4.78 is 5.12. The van der Waals surface area contributed by atoms with Gasteiger partial charge in [0.25, 0.3) is 0 Å². The summed E-state index contributed by atoms with van der Waals surface area (Å²) in [6, 6.07) is -0.649. The summed E-state index contributed by atoms with van der Waals surface area (Å²) in [5.74, 6) is -0.787. The fraction of sp³-hybridized carbons (Fsp3) is 0.812. The highest BCUT2D eigenvalue weighted by molar-refractivity contribution is 5.88. The molecule has 0 aromatic rings. The molecule has 1 heterocycles. The van der Waals surface area contributed by atoms with Crippen LogP contribution in [0.15, 0.2) is 0 Å². The molecule has 7 nitrogen and oxygen atoms in total. The van der Waals surface area contributed by atoms with Crippen LogP contribution in [0.5, 0.6) is 0 Å². The lowest BCUT2D eigenvalue weighted by Crippen LogP contribution is -2.58. The van der Waals surface area contributed by atoms with Gasteiger partial charge in [0.15, 0.2) is 0 Å². The minimum Gasteiger partial charge on any atom is -0.466 e. The zero-order valence-corrected chi connectivity index (χ0v) is 14.6. The molecule has 1 aliphatic rings. The van der Waals surface area contributed by atoms with Gasteiger partial charge >= 0.3 is 5.97 Å². The van der Waals surface area contributed by atoms with E-state index in [2.05, 4.69) is 10.6 Å². The molecule has 132 valence electrons. The minimum atomic E-state index is -0.649. The fourth-order valence-corrected chi connectivity index (χ4v) is 2.36. The number of rotatable bonds is 7. The number of carbonyl (C=O) groups is 3. The molecule has 0 saturated carbocycles. The summed E-state index contributed by atoms with van der Waals surface area (Å²) in [4.78, 5) is 37.7. The molecule has 2 amide bonds. The molecule has 2 N–H and O–H groups in total. The topological polar surface area (TPSA) is 87.7 Å². The van der Waals surface area contributed by atoms with Crippen LogP contribution in [-0.4, -0.2) is 60.5 Å². The van der Waals surface area contributed by atoms with Gasteiger partial charge in [-0.25, -0.2) is 0 Å². The van der Waals surface area contributed by atoms with E-state index < -0.39 is 12.0 Å². The molecule has 7 heteroatoms. The van der Waals surface area contributed by atoms with Crippen molar-refractivity contribution in [1.82, 2.24) is 15.5 Å². The average molecular weight is 327 g/mol. The third-order valence-electron chi connectivity index (χ3n) is 3.42. The number of piperazine rings is 1. The van der Waals surface area contributed by atoms with Crippen molar-refractivity contribution < 1.29 is 19.1 Å². The van der Waals surface area contributed by atoms with Crippen LogP contribution in [0.4, 0.5) is 0 Å². The molecular weight excluding hydrogens is 298 g/mol. The first-order valence-corrected chi connectivity index (χ1v) is 8.21. The second kappa shape index (κ2) is 8.86. The number of unbranched alkanes of at least 4 members (excludes halogenated alkanes) is 1. The number of esters is 1. The Morgan fingerprint density at radius 2 is 2.09 bits per heavy atom. The third-order valence-corrected chi connectivity index (χ3v) is 3.42. The first-order chi connectivity index (χ1) is 10.7. The van der Waals surface area contributed by atoms with Crippen LogP contribution in [0.3, 0.4) is 0 Å². The molecular formula is C16H29N3O4. The molecule has 0 aromatic heterocycles. The second-order valence-electron chi connectivity index (χ2n) is 6.85. The van der Waals surface area contributed by atoms with E-state index in [9.17, 15) is 14.4 Å². The molecule has 1 aliphatic heterocycles. The third kappa shape index (κ3) is 7.45. The number of carbonyl (C=O) groups excluding carboxylic acids is 3. The summed E-state index contributed by atoms with van der Waals surface area (Å²) in [5, 5.41) is 5.60. The van der Waals surface area contributed by atoms with Crippen LogP contribution < -0.4 is 10.6 Å². The Hall–Kier alpha value is -1.63. The van der Waals surface area contributed by atoms with E-state index in [-0.39, 0.29) is 30.3 Å². The maximum Gasteiger partial charge on any atom is 0.307 e. The molecule has 0 spiro atoms. The Balaban J connectivity index is 2.59. The van der Waals surface area contributed by atoms with Crippen molar-refractivity contribution in [1.29, 1.82) is 0 Å². The van der Waals surface area contributed by atoms with Crippen LogP contribution in [-0.2, 0) is 19.1 Å². The Morgan fingerprint density at radius 3 is 2.70 bits per heavy atom. The van der Waals surface area contributed by atoms with Crippen LogP contribution in [0.2, 0.25) is 0 Å². The maximum absolute atomic E-state index is 12.1. The summed E-state index contributed by atoms with van der Waals surface area (Å²) in [6.45, 7) is 9.19. The summed E-state index contributed by atoms with van der Waals surface area (Å²) in [7, 11) is 0. The van der Waals surface area contributed by atoms with E-state index in [4.69, 9.17) is 4.74 Å². The molecule has 1 unspecified atom stereocenters. The standard InChI is InChI=1S/C16H29N3O4/c1-5-6-9-23-14(21)10-12-15(22)17-7-8-19(12)11-13(20)18-16(2,3)4/h12H,5-11H2,1-4H3,(H,17,22)(H,18,20). The normalized spacial score (nSPS) is 19.1. The van der Waals surface area contributed by atoms with E-state index in [0.29, 0.717) is 19.7 Å². The van der Waals surface area contributed by atoms with Crippen molar-refractivity contribution >= 4 is 17.8 Å². The Kier molecular flexibility index (Phi) is 7.48. The lowest BCUT2D eigenvalue weighted by atomic mass is 10.1. The van der Waals surface area contributed by atoms with Gasteiger partial charge < -0.3 is 15.4 Å². The smallest absolute Gasteiger partial charge is 0.307 e. The molecule has 1 rings (SSSR count). The molecule has 0 bridgehead atoms. The molecule has 23 heavy (non-hydrogen) atoms. The number of hydrogen-bond acceptors (Lipinski definition) is 5. The highest BCUT2D eigenvalue weighted by Gasteiger charge is 2.33. The van der Waals surface area contributed by atoms with Gasteiger partial charge in [-0.2, -0.15) is 0 Å². The fourth-order valence-electron chi connectivity index (χ4n) is 2.36. The zero-order valence-electron chi connectivity index (χ0n) is 14.6. The van der Waals surface area contributed by atoms with E-state index >= 15 is 0 Å². The predicted octanol–water partition coefficient (Wildman–Crippen LogP) is 0.435. The number of nitrogens with one attached hydrogen (secondary N) is 2. The van der Waals surface area contributed by atoms with Crippen molar-refractivity contribution in [2.75, 3.05) is 26.2 Å². The lowest BCUT2D eigenvalue weighted by molar-refractivity contribution is -0.149. The highest BCUT2D eigenvalue weighted by atomic mass is 16.5. The van der Waals surface area contributed by atoms with E-state index in [1.807, 2.05) is 27.7 Å². The Morgan fingerprint density at radius 1 is 1.39 bits per heavy atom.